The van der Waals surface area contributed by atoms with Crippen molar-refractivity contribution >= 4 is 5.69 Å². The van der Waals surface area contributed by atoms with Gasteiger partial charge in [0.05, 0.1) is 4.92 Å². The molecule has 0 saturated carbocycles. The number of aromatic hydroxyl groups is 4. The van der Waals surface area contributed by atoms with Crippen molar-refractivity contribution < 1.29 is 25.3 Å². The van der Waals surface area contributed by atoms with Crippen molar-refractivity contribution in [1.29, 1.82) is 0 Å². The highest BCUT2D eigenvalue weighted by atomic mass is 16.6. The molecule has 0 aliphatic heterocycles. The summed E-state index contributed by atoms with van der Waals surface area (Å²) in [5, 5.41) is 56.7. The van der Waals surface area contributed by atoms with Crippen molar-refractivity contribution in [3.8, 4) is 23.0 Å². The van der Waals surface area contributed by atoms with Crippen molar-refractivity contribution in [2.24, 2.45) is 5.92 Å². The van der Waals surface area contributed by atoms with Gasteiger partial charge in [0.2, 0.25) is 0 Å². The van der Waals surface area contributed by atoms with E-state index in [4.69, 9.17) is 0 Å². The Balaban J connectivity index is 1.63. The van der Waals surface area contributed by atoms with E-state index in [9.17, 15) is 30.5 Å². The van der Waals surface area contributed by atoms with Gasteiger partial charge in [-0.2, -0.15) is 0 Å². The van der Waals surface area contributed by atoms with Crippen LogP contribution in [0.2, 0.25) is 0 Å². The zero-order valence-corrected chi connectivity index (χ0v) is 17.9. The van der Waals surface area contributed by atoms with Crippen LogP contribution in [0, 0.1) is 16.0 Å². The first kappa shape index (κ1) is 23.8. The van der Waals surface area contributed by atoms with Crippen molar-refractivity contribution in [1.82, 2.24) is 10.6 Å². The predicted octanol–water partition coefficient (Wildman–Crippen LogP) is 3.16. The molecule has 3 aromatic rings. The lowest BCUT2D eigenvalue weighted by Gasteiger charge is -2.19. The van der Waals surface area contributed by atoms with Gasteiger partial charge < -0.3 is 31.1 Å². The summed E-state index contributed by atoms with van der Waals surface area (Å²) >= 11 is 0. The summed E-state index contributed by atoms with van der Waals surface area (Å²) in [6.07, 6.45) is 0.635. The molecule has 0 saturated heterocycles. The number of non-ortho nitro benzene ring substituents is 1. The molecule has 0 unspecified atom stereocenters. The Hall–Kier alpha value is -3.82. The molecule has 0 aliphatic rings. The third-order valence-corrected chi connectivity index (χ3v) is 5.37. The summed E-state index contributed by atoms with van der Waals surface area (Å²) in [6.45, 7) is 1.82. The molecule has 3 rings (SSSR count). The van der Waals surface area contributed by atoms with Crippen LogP contribution in [0.25, 0.3) is 0 Å². The lowest BCUT2D eigenvalue weighted by atomic mass is 9.98. The smallest absolute Gasteiger partial charge is 0.269 e. The Labute approximate surface area is 191 Å². The molecule has 0 aromatic heterocycles. The average Bonchev–Trinajstić information content (AvgIpc) is 2.79. The monoisotopic (exact) mass is 453 g/mol. The Bertz CT molecular complexity index is 1030. The van der Waals surface area contributed by atoms with Gasteiger partial charge in [0, 0.05) is 36.3 Å². The SMILES string of the molecule is O=[N+]([O-])c1ccc(CC(CNCc2cccc(O)c2O)CNCc2cccc(O)c2O)cc1. The van der Waals surface area contributed by atoms with E-state index in [1.807, 2.05) is 0 Å². The van der Waals surface area contributed by atoms with E-state index < -0.39 is 4.92 Å². The zero-order valence-electron chi connectivity index (χ0n) is 17.9. The summed E-state index contributed by atoms with van der Waals surface area (Å²) in [5.74, 6) is -0.595. The molecule has 0 fully saturated rings. The van der Waals surface area contributed by atoms with Crippen LogP contribution in [0.4, 0.5) is 5.69 Å². The van der Waals surface area contributed by atoms with E-state index in [0.29, 0.717) is 43.7 Å². The topological polar surface area (TPSA) is 148 Å². The number of phenols is 4. The van der Waals surface area contributed by atoms with E-state index in [0.717, 1.165) is 5.56 Å². The number of rotatable bonds is 11. The van der Waals surface area contributed by atoms with Gasteiger partial charge in [-0.3, -0.25) is 10.1 Å². The maximum Gasteiger partial charge on any atom is 0.269 e. The molecule has 0 radical (unpaired) electrons. The molecule has 33 heavy (non-hydrogen) atoms. The van der Waals surface area contributed by atoms with Crippen LogP contribution in [-0.2, 0) is 19.5 Å². The molecule has 0 spiro atoms. The molecule has 0 aliphatic carbocycles. The maximum atomic E-state index is 10.9. The Kier molecular flexibility index (Phi) is 8.06. The minimum absolute atomic E-state index is 0.0327. The summed E-state index contributed by atoms with van der Waals surface area (Å²) in [7, 11) is 0. The van der Waals surface area contributed by atoms with E-state index in [1.54, 1.807) is 36.4 Å². The van der Waals surface area contributed by atoms with Gasteiger partial charge in [-0.1, -0.05) is 36.4 Å². The van der Waals surface area contributed by atoms with Crippen LogP contribution < -0.4 is 10.6 Å². The first-order valence-corrected chi connectivity index (χ1v) is 10.5. The van der Waals surface area contributed by atoms with Gasteiger partial charge in [-0.25, -0.2) is 0 Å². The van der Waals surface area contributed by atoms with Crippen LogP contribution in [0.5, 0.6) is 23.0 Å². The second-order valence-corrected chi connectivity index (χ2v) is 7.83. The summed E-state index contributed by atoms with van der Waals surface area (Å²) in [5.41, 5.74) is 2.11. The molecule has 0 amide bonds. The number of hydrogen-bond acceptors (Lipinski definition) is 8. The number of nitrogens with zero attached hydrogens (tertiary/aromatic N) is 1. The number of hydrogen-bond donors (Lipinski definition) is 6. The third kappa shape index (κ3) is 6.58. The summed E-state index contributed by atoms with van der Waals surface area (Å²) in [4.78, 5) is 10.5. The number of phenolic OH excluding ortho intramolecular Hbond substituents is 4. The fraction of sp³-hybridized carbons (Fsp3) is 0.250. The highest BCUT2D eigenvalue weighted by Gasteiger charge is 2.14. The molecule has 0 heterocycles. The Morgan fingerprint density at radius 2 is 1.24 bits per heavy atom. The number of para-hydroxylation sites is 2. The van der Waals surface area contributed by atoms with Crippen molar-refractivity contribution in [2.75, 3.05) is 13.1 Å². The zero-order chi connectivity index (χ0) is 23.8. The molecule has 3 aromatic carbocycles. The highest BCUT2D eigenvalue weighted by Crippen LogP contribution is 2.29. The standard InChI is InChI=1S/C24H27N3O6/c28-21-5-1-3-18(23(21)30)14-25-12-17(11-16-7-9-20(10-8-16)27(32)33)13-26-15-19-4-2-6-22(29)24(19)31/h1-10,17,25-26,28-31H,11-15H2. The maximum absolute atomic E-state index is 10.9. The minimum atomic E-state index is -0.437. The van der Waals surface area contributed by atoms with E-state index in [2.05, 4.69) is 10.6 Å². The molecule has 0 bridgehead atoms. The molecule has 9 heteroatoms. The van der Waals surface area contributed by atoms with Gasteiger partial charge in [0.15, 0.2) is 23.0 Å². The second kappa shape index (κ2) is 11.2. The van der Waals surface area contributed by atoms with Crippen LogP contribution in [0.1, 0.15) is 16.7 Å². The first-order valence-electron chi connectivity index (χ1n) is 10.5. The number of nitrogens with one attached hydrogen (secondary N) is 2. The van der Waals surface area contributed by atoms with Crippen LogP contribution in [-0.4, -0.2) is 38.4 Å². The second-order valence-electron chi connectivity index (χ2n) is 7.83. The molecular formula is C24H27N3O6. The van der Waals surface area contributed by atoms with Crippen molar-refractivity contribution in [2.45, 2.75) is 19.5 Å². The molecule has 0 atom stereocenters. The summed E-state index contributed by atoms with van der Waals surface area (Å²) < 4.78 is 0. The van der Waals surface area contributed by atoms with Crippen LogP contribution in [0.3, 0.4) is 0 Å². The Morgan fingerprint density at radius 1 is 0.758 bits per heavy atom. The van der Waals surface area contributed by atoms with E-state index in [1.165, 1.54) is 24.3 Å². The van der Waals surface area contributed by atoms with Crippen molar-refractivity contribution in [3.05, 3.63) is 87.5 Å². The van der Waals surface area contributed by atoms with Gasteiger partial charge in [-0.15, -0.1) is 0 Å². The fourth-order valence-corrected chi connectivity index (χ4v) is 3.57. The van der Waals surface area contributed by atoms with Crippen LogP contribution in [0.15, 0.2) is 60.7 Å². The number of benzene rings is 3. The Morgan fingerprint density at radius 3 is 1.70 bits per heavy atom. The lowest BCUT2D eigenvalue weighted by molar-refractivity contribution is -0.384. The fourth-order valence-electron chi connectivity index (χ4n) is 3.57. The number of nitro groups is 1. The third-order valence-electron chi connectivity index (χ3n) is 5.37. The first-order chi connectivity index (χ1) is 15.8. The highest BCUT2D eigenvalue weighted by molar-refractivity contribution is 5.45. The van der Waals surface area contributed by atoms with Gasteiger partial charge in [-0.05, 0) is 43.1 Å². The van der Waals surface area contributed by atoms with Gasteiger partial charge >= 0.3 is 0 Å². The molecule has 6 N–H and O–H groups in total. The van der Waals surface area contributed by atoms with Gasteiger partial charge in [0.25, 0.3) is 5.69 Å². The van der Waals surface area contributed by atoms with Crippen molar-refractivity contribution in [3.63, 3.8) is 0 Å². The molecule has 9 nitrogen and oxygen atoms in total. The normalized spacial score (nSPS) is 11.1. The minimum Gasteiger partial charge on any atom is -0.504 e. The van der Waals surface area contributed by atoms with Gasteiger partial charge in [0.1, 0.15) is 0 Å². The van der Waals surface area contributed by atoms with E-state index >= 15 is 0 Å². The quantitative estimate of drug-likeness (QED) is 0.147. The van der Waals surface area contributed by atoms with E-state index in [-0.39, 0.29) is 34.6 Å². The van der Waals surface area contributed by atoms with Crippen LogP contribution >= 0.6 is 0 Å². The molecular weight excluding hydrogens is 426 g/mol. The molecule has 174 valence electrons. The summed E-state index contributed by atoms with van der Waals surface area (Å²) in [6, 6.07) is 16.0. The largest absolute Gasteiger partial charge is 0.504 e. The number of nitro benzene ring substituents is 1. The lowest BCUT2D eigenvalue weighted by Crippen LogP contribution is -2.32. The predicted molar refractivity (Wildman–Crippen MR) is 123 cm³/mol. The average molecular weight is 453 g/mol.